The molecule has 0 aromatic heterocycles. The second-order valence-electron chi connectivity index (χ2n) is 5.84. The summed E-state index contributed by atoms with van der Waals surface area (Å²) in [6.07, 6.45) is 1.75. The summed E-state index contributed by atoms with van der Waals surface area (Å²) in [5, 5.41) is 2.27. The van der Waals surface area contributed by atoms with Gasteiger partial charge in [-0.15, -0.1) is 0 Å². The zero-order valence-corrected chi connectivity index (χ0v) is 13.4. The molecular formula is C13H26NO4P. The molecule has 0 unspecified atom stereocenters. The van der Waals surface area contributed by atoms with Gasteiger partial charge in [-0.3, -0.25) is 9.36 Å². The predicted molar refractivity (Wildman–Crippen MR) is 76.7 cm³/mol. The quantitative estimate of drug-likeness (QED) is 0.519. The third-order valence-electron chi connectivity index (χ3n) is 2.60. The van der Waals surface area contributed by atoms with Crippen LogP contribution in [0.25, 0.3) is 0 Å². The van der Waals surface area contributed by atoms with Gasteiger partial charge < -0.3 is 15.1 Å². The van der Waals surface area contributed by atoms with Gasteiger partial charge in [-0.25, -0.2) is 0 Å². The summed E-state index contributed by atoms with van der Waals surface area (Å²) in [7, 11) is -4.55. The lowest BCUT2D eigenvalue weighted by atomic mass is 9.97. The first-order valence-corrected chi connectivity index (χ1v) is 8.20. The molecule has 5 nitrogen and oxygen atoms in total. The van der Waals surface area contributed by atoms with E-state index in [1.165, 1.54) is 0 Å². The topological polar surface area (TPSA) is 86.6 Å². The fourth-order valence-corrected chi connectivity index (χ4v) is 2.72. The van der Waals surface area contributed by atoms with E-state index < -0.39 is 13.5 Å². The lowest BCUT2D eigenvalue weighted by Gasteiger charge is -2.21. The molecule has 0 aliphatic heterocycles. The van der Waals surface area contributed by atoms with Gasteiger partial charge in [0.1, 0.15) is 5.31 Å². The molecule has 1 amide bonds. The van der Waals surface area contributed by atoms with Crippen LogP contribution < -0.4 is 5.32 Å². The third kappa shape index (κ3) is 6.90. The number of carbonyl (C=O) groups excluding carboxylic acids is 1. The van der Waals surface area contributed by atoms with Crippen molar-refractivity contribution in [2.24, 2.45) is 5.41 Å². The number of amides is 1. The fourth-order valence-electron chi connectivity index (χ4n) is 1.69. The van der Waals surface area contributed by atoms with Gasteiger partial charge in [0.25, 0.3) is 5.91 Å². The molecule has 0 saturated carbocycles. The van der Waals surface area contributed by atoms with Gasteiger partial charge in [-0.1, -0.05) is 41.0 Å². The summed E-state index contributed by atoms with van der Waals surface area (Å²) < 4.78 is 11.5. The Bertz CT molecular complexity index is 390. The SMILES string of the molecule is CCCC(CC)=C(C(=O)NCC(C)(C)C)P(=O)(O)O. The minimum Gasteiger partial charge on any atom is -0.351 e. The first-order valence-electron chi connectivity index (χ1n) is 6.59. The lowest BCUT2D eigenvalue weighted by molar-refractivity contribution is -0.117. The van der Waals surface area contributed by atoms with E-state index in [4.69, 9.17) is 0 Å². The maximum atomic E-state index is 12.1. The van der Waals surface area contributed by atoms with Crippen molar-refractivity contribution in [2.75, 3.05) is 6.54 Å². The highest BCUT2D eigenvalue weighted by atomic mass is 31.2. The summed E-state index contributed by atoms with van der Waals surface area (Å²) in [5.41, 5.74) is 0.412. The molecular weight excluding hydrogens is 265 g/mol. The van der Waals surface area contributed by atoms with Crippen molar-refractivity contribution in [1.82, 2.24) is 5.32 Å². The van der Waals surface area contributed by atoms with E-state index in [2.05, 4.69) is 5.32 Å². The predicted octanol–water partition coefficient (Wildman–Crippen LogP) is 2.79. The lowest BCUT2D eigenvalue weighted by Crippen LogP contribution is -2.33. The molecule has 112 valence electrons. The first kappa shape index (κ1) is 18.4. The van der Waals surface area contributed by atoms with E-state index in [0.29, 0.717) is 25.0 Å². The van der Waals surface area contributed by atoms with Crippen molar-refractivity contribution in [1.29, 1.82) is 0 Å². The molecule has 0 aromatic carbocycles. The molecule has 3 N–H and O–H groups in total. The van der Waals surface area contributed by atoms with E-state index in [1.54, 1.807) is 6.92 Å². The molecule has 0 fully saturated rings. The van der Waals surface area contributed by atoms with Crippen LogP contribution in [0.1, 0.15) is 53.9 Å². The van der Waals surface area contributed by atoms with Gasteiger partial charge in [-0.2, -0.15) is 0 Å². The van der Waals surface area contributed by atoms with E-state index in [9.17, 15) is 19.1 Å². The average Bonchev–Trinajstić information content (AvgIpc) is 2.22. The zero-order valence-electron chi connectivity index (χ0n) is 12.5. The highest BCUT2D eigenvalue weighted by Gasteiger charge is 2.31. The number of allylic oxidation sites excluding steroid dienone is 1. The van der Waals surface area contributed by atoms with Crippen molar-refractivity contribution in [3.8, 4) is 0 Å². The molecule has 0 aliphatic rings. The molecule has 19 heavy (non-hydrogen) atoms. The Kier molecular flexibility index (Phi) is 6.98. The summed E-state index contributed by atoms with van der Waals surface area (Å²) in [6, 6.07) is 0. The Morgan fingerprint density at radius 3 is 2.05 bits per heavy atom. The normalized spacial score (nSPS) is 14.1. The molecule has 0 atom stereocenters. The van der Waals surface area contributed by atoms with Crippen LogP contribution in [0.4, 0.5) is 0 Å². The van der Waals surface area contributed by atoms with Gasteiger partial charge in [0.2, 0.25) is 0 Å². The standard InChI is InChI=1S/C13H26NO4P/c1-6-8-10(7-2)11(19(16,17)18)12(15)14-9-13(3,4)5/h6-9H2,1-5H3,(H,14,15)(H2,16,17,18). The molecule has 0 radical (unpaired) electrons. The minimum absolute atomic E-state index is 0.132. The smallest absolute Gasteiger partial charge is 0.351 e. The van der Waals surface area contributed by atoms with Crippen LogP contribution in [0.3, 0.4) is 0 Å². The second kappa shape index (κ2) is 7.22. The van der Waals surface area contributed by atoms with Crippen molar-refractivity contribution in [3.63, 3.8) is 0 Å². The Labute approximate surface area is 115 Å². The van der Waals surface area contributed by atoms with Gasteiger partial charge in [0, 0.05) is 6.54 Å². The highest BCUT2D eigenvalue weighted by molar-refractivity contribution is 7.58. The maximum absolute atomic E-state index is 12.1. The number of hydrogen-bond donors (Lipinski definition) is 3. The third-order valence-corrected chi connectivity index (χ3v) is 3.70. The van der Waals surface area contributed by atoms with Crippen LogP contribution in [-0.4, -0.2) is 22.2 Å². The molecule has 0 aromatic rings. The van der Waals surface area contributed by atoms with E-state index in [0.717, 1.165) is 6.42 Å². The fraction of sp³-hybridized carbons (Fsp3) is 0.769. The maximum Gasteiger partial charge on any atom is 0.361 e. The number of rotatable bonds is 6. The zero-order chi connectivity index (χ0) is 15.3. The highest BCUT2D eigenvalue weighted by Crippen LogP contribution is 2.48. The number of carbonyl (C=O) groups is 1. The molecule has 0 bridgehead atoms. The van der Waals surface area contributed by atoms with E-state index in [-0.39, 0.29) is 10.7 Å². The summed E-state index contributed by atoms with van der Waals surface area (Å²) in [6.45, 7) is 9.93. The number of hydrogen-bond acceptors (Lipinski definition) is 2. The number of nitrogens with one attached hydrogen (secondary N) is 1. The van der Waals surface area contributed by atoms with Crippen molar-refractivity contribution in [3.05, 3.63) is 10.9 Å². The Balaban J connectivity index is 5.28. The van der Waals surface area contributed by atoms with Crippen molar-refractivity contribution < 1.29 is 19.1 Å². The largest absolute Gasteiger partial charge is 0.361 e. The molecule has 0 heterocycles. The monoisotopic (exact) mass is 291 g/mol. The molecule has 0 saturated heterocycles. The Morgan fingerprint density at radius 2 is 1.74 bits per heavy atom. The van der Waals surface area contributed by atoms with Crippen molar-refractivity contribution >= 4 is 13.5 Å². The Hall–Kier alpha value is -0.640. The van der Waals surface area contributed by atoms with Gasteiger partial charge in [0.05, 0.1) is 0 Å². The summed E-state index contributed by atoms with van der Waals surface area (Å²) in [4.78, 5) is 30.8. The van der Waals surface area contributed by atoms with Gasteiger partial charge in [-0.05, 0) is 23.8 Å². The van der Waals surface area contributed by atoms with Crippen LogP contribution in [0.5, 0.6) is 0 Å². The molecule has 0 rings (SSSR count). The van der Waals surface area contributed by atoms with Crippen LogP contribution in [0, 0.1) is 5.41 Å². The van der Waals surface area contributed by atoms with Crippen molar-refractivity contribution in [2.45, 2.75) is 53.9 Å². The van der Waals surface area contributed by atoms with E-state index >= 15 is 0 Å². The Morgan fingerprint density at radius 1 is 1.21 bits per heavy atom. The van der Waals surface area contributed by atoms with E-state index in [1.807, 2.05) is 27.7 Å². The van der Waals surface area contributed by atoms with Crippen LogP contribution >= 0.6 is 7.60 Å². The second-order valence-corrected chi connectivity index (χ2v) is 7.38. The summed E-state index contributed by atoms with van der Waals surface area (Å²) >= 11 is 0. The summed E-state index contributed by atoms with van der Waals surface area (Å²) in [5.74, 6) is -0.645. The van der Waals surface area contributed by atoms with Crippen LogP contribution in [0.15, 0.2) is 10.9 Å². The molecule has 0 spiro atoms. The van der Waals surface area contributed by atoms with Gasteiger partial charge >= 0.3 is 7.60 Å². The van der Waals surface area contributed by atoms with Crippen LogP contribution in [0.2, 0.25) is 0 Å². The van der Waals surface area contributed by atoms with Gasteiger partial charge in [0.15, 0.2) is 0 Å². The first-order chi connectivity index (χ1) is 8.53. The minimum atomic E-state index is -4.55. The molecule has 6 heteroatoms. The van der Waals surface area contributed by atoms with Crippen LogP contribution in [-0.2, 0) is 9.36 Å². The average molecular weight is 291 g/mol. The molecule has 0 aliphatic carbocycles.